The molecule has 0 aliphatic heterocycles. The fraction of sp³-hybridized carbons (Fsp3) is 0.273. The van der Waals surface area contributed by atoms with Gasteiger partial charge in [-0.3, -0.25) is 14.5 Å². The van der Waals surface area contributed by atoms with Crippen LogP contribution in [0.5, 0.6) is 0 Å². The number of carbonyl (C=O) groups excluding carboxylic acids is 1. The molecule has 0 N–H and O–H groups in total. The van der Waals surface area contributed by atoms with Gasteiger partial charge in [0.05, 0.1) is 6.42 Å². The molecule has 0 aromatic carbocycles. The molecule has 0 saturated carbocycles. The van der Waals surface area contributed by atoms with Crippen molar-refractivity contribution in [2.75, 3.05) is 0 Å². The van der Waals surface area contributed by atoms with E-state index in [-0.39, 0.29) is 12.2 Å². The Hall–Kier alpha value is -2.04. The monoisotopic (exact) mass is 216 g/mol. The van der Waals surface area contributed by atoms with E-state index < -0.39 is 0 Å². The third-order valence-electron chi connectivity index (χ3n) is 2.40. The van der Waals surface area contributed by atoms with Crippen molar-refractivity contribution in [1.29, 1.82) is 0 Å². The molecule has 2 rings (SSSR count). The van der Waals surface area contributed by atoms with Crippen LogP contribution in [0.1, 0.15) is 21.9 Å². The topological polar surface area (TPSA) is 60.7 Å². The minimum absolute atomic E-state index is 0.0331. The summed E-state index contributed by atoms with van der Waals surface area (Å²) in [6, 6.07) is 3.69. The van der Waals surface area contributed by atoms with Crippen molar-refractivity contribution in [2.24, 2.45) is 7.05 Å². The van der Waals surface area contributed by atoms with E-state index in [1.807, 2.05) is 19.1 Å². The van der Waals surface area contributed by atoms with E-state index in [0.717, 1.165) is 5.56 Å². The molecule has 16 heavy (non-hydrogen) atoms. The first-order chi connectivity index (χ1) is 7.68. The lowest BCUT2D eigenvalue weighted by Gasteiger charge is -2.02. The molecule has 0 bridgehead atoms. The van der Waals surface area contributed by atoms with Crippen LogP contribution in [0.4, 0.5) is 0 Å². The maximum atomic E-state index is 11.9. The lowest BCUT2D eigenvalue weighted by molar-refractivity contribution is 0.0984. The fourth-order valence-electron chi connectivity index (χ4n) is 1.49. The van der Waals surface area contributed by atoms with E-state index >= 15 is 0 Å². The zero-order valence-electron chi connectivity index (χ0n) is 9.21. The lowest BCUT2D eigenvalue weighted by atomic mass is 10.1. The fourth-order valence-corrected chi connectivity index (χ4v) is 1.49. The molecule has 5 heteroatoms. The molecule has 0 fully saturated rings. The molecule has 0 amide bonds. The normalized spacial score (nSPS) is 10.4. The molecule has 0 unspecified atom stereocenters. The number of hydrogen-bond donors (Lipinski definition) is 0. The second kappa shape index (κ2) is 4.22. The number of aromatic nitrogens is 4. The zero-order valence-corrected chi connectivity index (χ0v) is 9.21. The summed E-state index contributed by atoms with van der Waals surface area (Å²) in [5.41, 5.74) is 1.39. The van der Waals surface area contributed by atoms with Gasteiger partial charge in [0.2, 0.25) is 0 Å². The van der Waals surface area contributed by atoms with Crippen molar-refractivity contribution in [3.8, 4) is 0 Å². The number of hydrogen-bond acceptors (Lipinski definition) is 4. The van der Waals surface area contributed by atoms with Crippen molar-refractivity contribution in [3.63, 3.8) is 0 Å². The maximum absolute atomic E-state index is 11.9. The number of ketones is 1. The van der Waals surface area contributed by atoms with Gasteiger partial charge in [0, 0.05) is 13.2 Å². The Morgan fingerprint density at radius 1 is 1.44 bits per heavy atom. The smallest absolute Gasteiger partial charge is 0.188 e. The SMILES string of the molecule is Cc1cccnc1C(=O)Cc1ncnn1C. The second-order valence-corrected chi connectivity index (χ2v) is 3.57. The standard InChI is InChI=1S/C11H12N4O/c1-8-4-3-5-12-11(8)9(16)6-10-13-7-14-15(10)2/h3-5,7H,6H2,1-2H3. The average Bonchev–Trinajstić information content (AvgIpc) is 2.65. The summed E-state index contributed by atoms with van der Waals surface area (Å²) in [5.74, 6) is 0.615. The summed E-state index contributed by atoms with van der Waals surface area (Å²) in [4.78, 5) is 20.0. The first-order valence-corrected chi connectivity index (χ1v) is 4.96. The van der Waals surface area contributed by atoms with Crippen molar-refractivity contribution < 1.29 is 4.79 Å². The van der Waals surface area contributed by atoms with Gasteiger partial charge in [-0.15, -0.1) is 0 Å². The third kappa shape index (κ3) is 1.98. The molecular weight excluding hydrogens is 204 g/mol. The molecule has 0 spiro atoms. The summed E-state index contributed by atoms with van der Waals surface area (Å²) >= 11 is 0. The van der Waals surface area contributed by atoms with Crippen LogP contribution in [0.3, 0.4) is 0 Å². The molecule has 0 aliphatic rings. The van der Waals surface area contributed by atoms with Gasteiger partial charge in [0.15, 0.2) is 5.78 Å². The third-order valence-corrected chi connectivity index (χ3v) is 2.40. The number of nitrogens with zero attached hydrogens (tertiary/aromatic N) is 4. The summed E-state index contributed by atoms with van der Waals surface area (Å²) in [6.07, 6.45) is 3.29. The van der Waals surface area contributed by atoms with Crippen molar-refractivity contribution >= 4 is 5.78 Å². The average molecular weight is 216 g/mol. The summed E-state index contributed by atoms with van der Waals surface area (Å²) in [7, 11) is 1.76. The molecule has 0 aliphatic carbocycles. The highest BCUT2D eigenvalue weighted by Gasteiger charge is 2.13. The van der Waals surface area contributed by atoms with Crippen LogP contribution in [0, 0.1) is 6.92 Å². The molecule has 2 heterocycles. The number of aryl methyl sites for hydroxylation is 2. The predicted molar refractivity (Wildman–Crippen MR) is 58.0 cm³/mol. The van der Waals surface area contributed by atoms with Crippen molar-refractivity contribution in [2.45, 2.75) is 13.3 Å². The van der Waals surface area contributed by atoms with E-state index in [4.69, 9.17) is 0 Å². The van der Waals surface area contributed by atoms with Crippen molar-refractivity contribution in [1.82, 2.24) is 19.7 Å². The Labute approximate surface area is 93.2 Å². The highest BCUT2D eigenvalue weighted by atomic mass is 16.1. The van der Waals surface area contributed by atoms with Gasteiger partial charge in [0.25, 0.3) is 0 Å². The van der Waals surface area contributed by atoms with Crippen LogP contribution in [0.2, 0.25) is 0 Å². The lowest BCUT2D eigenvalue weighted by Crippen LogP contribution is -2.11. The van der Waals surface area contributed by atoms with Gasteiger partial charge in [-0.2, -0.15) is 5.10 Å². The molecule has 2 aromatic heterocycles. The first kappa shape index (κ1) is 10.5. The molecule has 0 radical (unpaired) electrons. The highest BCUT2D eigenvalue weighted by Crippen LogP contribution is 2.07. The van der Waals surface area contributed by atoms with Crippen molar-refractivity contribution in [3.05, 3.63) is 41.7 Å². The number of pyridine rings is 1. The molecule has 0 saturated heterocycles. The van der Waals surface area contributed by atoms with Gasteiger partial charge in [-0.1, -0.05) is 6.07 Å². The Bertz CT molecular complexity index is 518. The summed E-state index contributed by atoms with van der Waals surface area (Å²) < 4.78 is 1.59. The molecular formula is C11H12N4O. The second-order valence-electron chi connectivity index (χ2n) is 3.57. The molecule has 5 nitrogen and oxygen atoms in total. The Kier molecular flexibility index (Phi) is 2.76. The highest BCUT2D eigenvalue weighted by molar-refractivity contribution is 5.96. The van der Waals surface area contributed by atoms with E-state index in [2.05, 4.69) is 15.1 Å². The minimum Gasteiger partial charge on any atom is -0.292 e. The van der Waals surface area contributed by atoms with E-state index in [1.165, 1.54) is 6.33 Å². The zero-order chi connectivity index (χ0) is 11.5. The van der Waals surface area contributed by atoms with Crippen LogP contribution in [-0.2, 0) is 13.5 Å². The van der Waals surface area contributed by atoms with Crippen LogP contribution < -0.4 is 0 Å². The van der Waals surface area contributed by atoms with E-state index in [1.54, 1.807) is 17.9 Å². The molecule has 0 atom stereocenters. The van der Waals surface area contributed by atoms with Crippen LogP contribution in [0.25, 0.3) is 0 Å². The number of carbonyl (C=O) groups is 1. The van der Waals surface area contributed by atoms with E-state index in [0.29, 0.717) is 11.5 Å². The maximum Gasteiger partial charge on any atom is 0.188 e. The van der Waals surface area contributed by atoms with Crippen LogP contribution >= 0.6 is 0 Å². The van der Waals surface area contributed by atoms with Gasteiger partial charge in [-0.25, -0.2) is 4.98 Å². The number of Topliss-reactive ketones (excluding diaryl/α,β-unsaturated/α-hetero) is 1. The van der Waals surface area contributed by atoms with E-state index in [9.17, 15) is 4.79 Å². The molecule has 2 aromatic rings. The Morgan fingerprint density at radius 2 is 2.25 bits per heavy atom. The molecule has 82 valence electrons. The van der Waals surface area contributed by atoms with Gasteiger partial charge in [-0.05, 0) is 18.6 Å². The first-order valence-electron chi connectivity index (χ1n) is 4.96. The van der Waals surface area contributed by atoms with Gasteiger partial charge >= 0.3 is 0 Å². The largest absolute Gasteiger partial charge is 0.292 e. The van der Waals surface area contributed by atoms with Crippen LogP contribution in [-0.4, -0.2) is 25.5 Å². The number of rotatable bonds is 3. The van der Waals surface area contributed by atoms with Gasteiger partial charge < -0.3 is 0 Å². The van der Waals surface area contributed by atoms with Crippen LogP contribution in [0.15, 0.2) is 24.7 Å². The predicted octanol–water partition coefficient (Wildman–Crippen LogP) is 0.944. The summed E-state index contributed by atoms with van der Waals surface area (Å²) in [5, 5.41) is 3.92. The summed E-state index contributed by atoms with van der Waals surface area (Å²) in [6.45, 7) is 1.87. The Balaban J connectivity index is 2.22. The van der Waals surface area contributed by atoms with Gasteiger partial charge in [0.1, 0.15) is 17.8 Å². The Morgan fingerprint density at radius 3 is 2.88 bits per heavy atom. The quantitative estimate of drug-likeness (QED) is 0.716. The minimum atomic E-state index is -0.0331.